The zero-order chi connectivity index (χ0) is 8.81. The van der Waals surface area contributed by atoms with E-state index in [9.17, 15) is 4.79 Å². The van der Waals surface area contributed by atoms with Gasteiger partial charge in [0, 0.05) is 0 Å². The number of carbonyl (C=O) groups excluding carboxylic acids is 1. The van der Waals surface area contributed by atoms with Gasteiger partial charge in [-0.25, -0.2) is 4.79 Å². The second kappa shape index (κ2) is 4.27. The molecule has 0 fully saturated rings. The monoisotopic (exact) mass is 159 g/mol. The highest BCUT2D eigenvalue weighted by Gasteiger charge is 1.88. The third-order valence-corrected chi connectivity index (χ3v) is 1.40. The Hall–Kier alpha value is -1.66. The van der Waals surface area contributed by atoms with Gasteiger partial charge in [-0.1, -0.05) is 24.3 Å². The number of aliphatic imine (C=N–C) groups is 1. The first-order valence-corrected chi connectivity index (χ1v) is 3.67. The highest BCUT2D eigenvalue weighted by Crippen LogP contribution is 2.13. The number of hydrogen-bond donors (Lipinski definition) is 0. The number of allylic oxidation sites excluding steroid dienone is 1. The molecule has 0 bridgehead atoms. The highest BCUT2D eigenvalue weighted by molar-refractivity contribution is 5.57. The molecule has 0 amide bonds. The van der Waals surface area contributed by atoms with Crippen LogP contribution in [-0.4, -0.2) is 6.08 Å². The summed E-state index contributed by atoms with van der Waals surface area (Å²) in [4.78, 5) is 13.4. The van der Waals surface area contributed by atoms with Gasteiger partial charge in [0.25, 0.3) is 0 Å². The summed E-state index contributed by atoms with van der Waals surface area (Å²) >= 11 is 0. The summed E-state index contributed by atoms with van der Waals surface area (Å²) in [5.41, 5.74) is 1.68. The topological polar surface area (TPSA) is 29.4 Å². The van der Waals surface area contributed by atoms with Crippen molar-refractivity contribution < 1.29 is 4.79 Å². The lowest BCUT2D eigenvalue weighted by molar-refractivity contribution is 0.565. The fourth-order valence-corrected chi connectivity index (χ4v) is 0.943. The molecule has 60 valence electrons. The van der Waals surface area contributed by atoms with Crippen molar-refractivity contribution in [3.8, 4) is 0 Å². The van der Waals surface area contributed by atoms with E-state index in [2.05, 4.69) is 4.99 Å². The van der Waals surface area contributed by atoms with E-state index < -0.39 is 0 Å². The van der Waals surface area contributed by atoms with Crippen molar-refractivity contribution >= 4 is 17.8 Å². The molecule has 1 aromatic carbocycles. The maximum atomic E-state index is 9.93. The minimum atomic E-state index is 0.639. The van der Waals surface area contributed by atoms with Crippen LogP contribution in [0, 0.1) is 0 Å². The molecule has 0 aliphatic carbocycles. The molecule has 2 heteroatoms. The molecule has 12 heavy (non-hydrogen) atoms. The molecule has 0 saturated heterocycles. The van der Waals surface area contributed by atoms with Gasteiger partial charge in [-0.15, -0.1) is 0 Å². The van der Waals surface area contributed by atoms with Crippen LogP contribution >= 0.6 is 0 Å². The van der Waals surface area contributed by atoms with Crippen LogP contribution in [0.4, 0.5) is 5.69 Å². The van der Waals surface area contributed by atoms with E-state index in [1.54, 1.807) is 6.07 Å². The van der Waals surface area contributed by atoms with Crippen LogP contribution < -0.4 is 0 Å². The maximum absolute atomic E-state index is 9.93. The van der Waals surface area contributed by atoms with Gasteiger partial charge in [-0.3, -0.25) is 0 Å². The molecule has 0 atom stereocenters. The van der Waals surface area contributed by atoms with E-state index in [-0.39, 0.29) is 0 Å². The molecule has 0 radical (unpaired) electrons. The Labute approximate surface area is 71.3 Å². The van der Waals surface area contributed by atoms with E-state index in [4.69, 9.17) is 0 Å². The molecule has 0 aromatic heterocycles. The first-order valence-electron chi connectivity index (χ1n) is 3.67. The molecule has 1 rings (SSSR count). The predicted octanol–water partition coefficient (Wildman–Crippen LogP) is 2.69. The van der Waals surface area contributed by atoms with Gasteiger partial charge in [0.1, 0.15) is 0 Å². The van der Waals surface area contributed by atoms with Crippen molar-refractivity contribution in [2.45, 2.75) is 6.92 Å². The molecule has 0 aliphatic heterocycles. The van der Waals surface area contributed by atoms with Crippen LogP contribution in [0.25, 0.3) is 6.08 Å². The molecule has 0 heterocycles. The Morgan fingerprint density at radius 3 is 3.00 bits per heavy atom. The van der Waals surface area contributed by atoms with Crippen LogP contribution in [0.3, 0.4) is 0 Å². The molecule has 0 spiro atoms. The van der Waals surface area contributed by atoms with E-state index in [0.29, 0.717) is 5.69 Å². The van der Waals surface area contributed by atoms with Crippen molar-refractivity contribution in [2.75, 3.05) is 0 Å². The average molecular weight is 159 g/mol. The van der Waals surface area contributed by atoms with Crippen molar-refractivity contribution in [3.63, 3.8) is 0 Å². The zero-order valence-corrected chi connectivity index (χ0v) is 6.82. The largest absolute Gasteiger partial charge is 0.240 e. The fraction of sp³-hybridized carbons (Fsp3) is 0.100. The van der Waals surface area contributed by atoms with E-state index >= 15 is 0 Å². The summed E-state index contributed by atoms with van der Waals surface area (Å²) < 4.78 is 0. The Morgan fingerprint density at radius 1 is 1.50 bits per heavy atom. The maximum Gasteiger partial charge on any atom is 0.240 e. The van der Waals surface area contributed by atoms with Gasteiger partial charge in [-0.2, -0.15) is 4.99 Å². The van der Waals surface area contributed by atoms with Crippen LogP contribution in [0.1, 0.15) is 12.5 Å². The third-order valence-electron chi connectivity index (χ3n) is 1.40. The fourth-order valence-electron chi connectivity index (χ4n) is 0.943. The summed E-state index contributed by atoms with van der Waals surface area (Å²) in [5, 5.41) is 0. The van der Waals surface area contributed by atoms with Crippen molar-refractivity contribution in [2.24, 2.45) is 4.99 Å². The van der Waals surface area contributed by atoms with Crippen LogP contribution in [-0.2, 0) is 4.79 Å². The van der Waals surface area contributed by atoms with Gasteiger partial charge in [0.2, 0.25) is 6.08 Å². The van der Waals surface area contributed by atoms with Crippen LogP contribution in [0.2, 0.25) is 0 Å². The van der Waals surface area contributed by atoms with Crippen LogP contribution in [0.5, 0.6) is 0 Å². The standard InChI is InChI=1S/C10H9NO/c1-2-4-9-5-3-6-10(7-9)11-8-12/h2-7H,1H3. The summed E-state index contributed by atoms with van der Waals surface area (Å²) in [6.07, 6.45) is 5.39. The Balaban J connectivity index is 3.03. The number of isocyanates is 1. The van der Waals surface area contributed by atoms with Crippen molar-refractivity contribution in [3.05, 3.63) is 35.9 Å². The van der Waals surface area contributed by atoms with Crippen LogP contribution in [0.15, 0.2) is 35.3 Å². The summed E-state index contributed by atoms with van der Waals surface area (Å²) in [6, 6.07) is 7.39. The second-order valence-corrected chi connectivity index (χ2v) is 2.30. The molecule has 2 nitrogen and oxygen atoms in total. The average Bonchev–Trinajstić information content (AvgIpc) is 2.06. The highest BCUT2D eigenvalue weighted by atomic mass is 16.1. The molecular weight excluding hydrogens is 150 g/mol. The van der Waals surface area contributed by atoms with Crippen molar-refractivity contribution in [1.29, 1.82) is 0 Å². The summed E-state index contributed by atoms with van der Waals surface area (Å²) in [7, 11) is 0. The number of hydrogen-bond acceptors (Lipinski definition) is 2. The molecule has 0 unspecified atom stereocenters. The van der Waals surface area contributed by atoms with Gasteiger partial charge in [0.15, 0.2) is 0 Å². The minimum absolute atomic E-state index is 0.639. The van der Waals surface area contributed by atoms with E-state index in [1.807, 2.05) is 37.3 Å². The van der Waals surface area contributed by atoms with Gasteiger partial charge >= 0.3 is 0 Å². The van der Waals surface area contributed by atoms with Gasteiger partial charge < -0.3 is 0 Å². The Morgan fingerprint density at radius 2 is 2.33 bits per heavy atom. The first kappa shape index (κ1) is 8.44. The lowest BCUT2D eigenvalue weighted by atomic mass is 10.2. The zero-order valence-electron chi connectivity index (χ0n) is 6.82. The van der Waals surface area contributed by atoms with E-state index in [1.165, 1.54) is 6.08 Å². The third kappa shape index (κ3) is 2.19. The summed E-state index contributed by atoms with van der Waals surface area (Å²) in [6.45, 7) is 1.94. The minimum Gasteiger partial charge on any atom is -0.211 e. The summed E-state index contributed by atoms with van der Waals surface area (Å²) in [5.74, 6) is 0. The molecule has 0 aliphatic rings. The number of rotatable bonds is 2. The van der Waals surface area contributed by atoms with E-state index in [0.717, 1.165) is 5.56 Å². The lowest BCUT2D eigenvalue weighted by Crippen LogP contribution is -1.69. The second-order valence-electron chi connectivity index (χ2n) is 2.30. The smallest absolute Gasteiger partial charge is 0.211 e. The van der Waals surface area contributed by atoms with Gasteiger partial charge in [-0.05, 0) is 24.6 Å². The van der Waals surface area contributed by atoms with Crippen molar-refractivity contribution in [1.82, 2.24) is 0 Å². The van der Waals surface area contributed by atoms with Gasteiger partial charge in [0.05, 0.1) is 5.69 Å². The first-order chi connectivity index (χ1) is 5.86. The lowest BCUT2D eigenvalue weighted by Gasteiger charge is -1.92. The number of nitrogens with zero attached hydrogens (tertiary/aromatic N) is 1. The quantitative estimate of drug-likeness (QED) is 0.482. The molecule has 1 aromatic rings. The Bertz CT molecular complexity index is 335. The molecule has 0 N–H and O–H groups in total. The number of benzene rings is 1. The molecule has 0 saturated carbocycles. The molecular formula is C10H9NO. The Kier molecular flexibility index (Phi) is 3.00. The SMILES string of the molecule is CC=Cc1cccc(N=C=O)c1. The normalized spacial score (nSPS) is 9.75. The predicted molar refractivity (Wildman–Crippen MR) is 48.9 cm³/mol.